The average Bonchev–Trinajstić information content (AvgIpc) is 2.38. The van der Waals surface area contributed by atoms with Gasteiger partial charge in [-0.1, -0.05) is 18.2 Å². The summed E-state index contributed by atoms with van der Waals surface area (Å²) in [5.74, 6) is 0.945. The van der Waals surface area contributed by atoms with E-state index in [-0.39, 0.29) is 0 Å². The molecule has 0 fully saturated rings. The van der Waals surface area contributed by atoms with Gasteiger partial charge in [-0.3, -0.25) is 0 Å². The number of nitrogens with two attached hydrogens (primary N) is 1. The van der Waals surface area contributed by atoms with E-state index >= 15 is 0 Å². The number of anilines is 2. The van der Waals surface area contributed by atoms with Crippen molar-refractivity contribution < 1.29 is 0 Å². The highest BCUT2D eigenvalue weighted by atomic mass is 79.9. The SMILES string of the molecule is CC(C)N(Cc1ccccc1N)c1ncccc1Br. The smallest absolute Gasteiger partial charge is 0.143 e. The fourth-order valence-corrected chi connectivity index (χ4v) is 2.44. The number of hydrogen-bond donors (Lipinski definition) is 1. The van der Waals surface area contributed by atoms with Crippen molar-refractivity contribution >= 4 is 27.4 Å². The number of para-hydroxylation sites is 1. The van der Waals surface area contributed by atoms with Crippen LogP contribution in [0.25, 0.3) is 0 Å². The first-order valence-electron chi connectivity index (χ1n) is 6.30. The number of hydrogen-bond acceptors (Lipinski definition) is 3. The third kappa shape index (κ3) is 3.26. The molecule has 0 saturated heterocycles. The predicted octanol–water partition coefficient (Wildman–Crippen LogP) is 3.84. The molecule has 1 heterocycles. The maximum Gasteiger partial charge on any atom is 0.143 e. The summed E-state index contributed by atoms with van der Waals surface area (Å²) in [7, 11) is 0. The van der Waals surface area contributed by atoms with E-state index in [1.54, 1.807) is 0 Å². The lowest BCUT2D eigenvalue weighted by atomic mass is 10.1. The van der Waals surface area contributed by atoms with E-state index in [1.807, 2.05) is 36.5 Å². The van der Waals surface area contributed by atoms with Crippen LogP contribution in [-0.2, 0) is 6.54 Å². The Labute approximate surface area is 122 Å². The summed E-state index contributed by atoms with van der Waals surface area (Å²) in [5, 5.41) is 0. The molecule has 0 atom stereocenters. The third-order valence-electron chi connectivity index (χ3n) is 3.03. The molecule has 0 spiro atoms. The van der Waals surface area contributed by atoms with Crippen molar-refractivity contribution in [3.8, 4) is 0 Å². The maximum atomic E-state index is 6.03. The number of pyridine rings is 1. The highest BCUT2D eigenvalue weighted by Crippen LogP contribution is 2.27. The lowest BCUT2D eigenvalue weighted by molar-refractivity contribution is 0.671. The summed E-state index contributed by atoms with van der Waals surface area (Å²) >= 11 is 3.56. The Balaban J connectivity index is 2.33. The molecule has 0 unspecified atom stereocenters. The van der Waals surface area contributed by atoms with Crippen LogP contribution in [0.5, 0.6) is 0 Å². The van der Waals surface area contributed by atoms with Crippen molar-refractivity contribution in [3.05, 3.63) is 52.6 Å². The molecule has 0 aliphatic heterocycles. The second-order valence-corrected chi connectivity index (χ2v) is 5.58. The molecule has 1 aromatic carbocycles. The molecule has 2 aromatic rings. The second-order valence-electron chi connectivity index (χ2n) is 4.73. The Morgan fingerprint density at radius 1 is 1.21 bits per heavy atom. The molecular weight excluding hydrogens is 302 g/mol. The monoisotopic (exact) mass is 319 g/mol. The number of aromatic nitrogens is 1. The van der Waals surface area contributed by atoms with Crippen molar-refractivity contribution in [3.63, 3.8) is 0 Å². The predicted molar refractivity (Wildman–Crippen MR) is 84.1 cm³/mol. The van der Waals surface area contributed by atoms with Crippen molar-refractivity contribution in [1.29, 1.82) is 0 Å². The minimum atomic E-state index is 0.339. The molecule has 0 saturated carbocycles. The van der Waals surface area contributed by atoms with E-state index in [1.165, 1.54) is 0 Å². The minimum absolute atomic E-state index is 0.339. The van der Waals surface area contributed by atoms with Gasteiger partial charge in [-0.25, -0.2) is 4.98 Å². The van der Waals surface area contributed by atoms with Crippen molar-refractivity contribution in [2.24, 2.45) is 0 Å². The first-order chi connectivity index (χ1) is 9.09. The molecular formula is C15H18BrN3. The van der Waals surface area contributed by atoms with Gasteiger partial charge in [0.15, 0.2) is 0 Å². The first kappa shape index (κ1) is 13.9. The molecule has 0 bridgehead atoms. The number of rotatable bonds is 4. The number of nitrogens with zero attached hydrogens (tertiary/aromatic N) is 2. The number of nitrogen functional groups attached to an aromatic ring is 1. The minimum Gasteiger partial charge on any atom is -0.398 e. The van der Waals surface area contributed by atoms with Crippen LogP contribution in [0.3, 0.4) is 0 Å². The van der Waals surface area contributed by atoms with E-state index < -0.39 is 0 Å². The van der Waals surface area contributed by atoms with Crippen LogP contribution in [0.1, 0.15) is 19.4 Å². The van der Waals surface area contributed by atoms with Gasteiger partial charge in [-0.05, 0) is 53.5 Å². The number of halogens is 1. The summed E-state index contributed by atoms with van der Waals surface area (Å²) in [6, 6.07) is 12.2. The lowest BCUT2D eigenvalue weighted by Crippen LogP contribution is -2.31. The quantitative estimate of drug-likeness (QED) is 0.870. The van der Waals surface area contributed by atoms with Crippen molar-refractivity contribution in [2.75, 3.05) is 10.6 Å². The van der Waals surface area contributed by atoms with Gasteiger partial charge in [0, 0.05) is 24.5 Å². The van der Waals surface area contributed by atoms with Gasteiger partial charge in [0.25, 0.3) is 0 Å². The van der Waals surface area contributed by atoms with Crippen LogP contribution in [0, 0.1) is 0 Å². The van der Waals surface area contributed by atoms with Crippen molar-refractivity contribution in [2.45, 2.75) is 26.4 Å². The van der Waals surface area contributed by atoms with Crippen LogP contribution < -0.4 is 10.6 Å². The van der Waals surface area contributed by atoms with Gasteiger partial charge in [0.05, 0.1) is 4.47 Å². The fraction of sp³-hybridized carbons (Fsp3) is 0.267. The second kappa shape index (κ2) is 6.06. The molecule has 0 aliphatic carbocycles. The Kier molecular flexibility index (Phi) is 4.43. The van der Waals surface area contributed by atoms with Gasteiger partial charge >= 0.3 is 0 Å². The van der Waals surface area contributed by atoms with Crippen LogP contribution in [0.4, 0.5) is 11.5 Å². The lowest BCUT2D eigenvalue weighted by Gasteiger charge is -2.29. The summed E-state index contributed by atoms with van der Waals surface area (Å²) in [5.41, 5.74) is 7.97. The number of benzene rings is 1. The van der Waals surface area contributed by atoms with E-state index in [9.17, 15) is 0 Å². The van der Waals surface area contributed by atoms with E-state index in [0.717, 1.165) is 28.1 Å². The highest BCUT2D eigenvalue weighted by Gasteiger charge is 2.16. The molecule has 3 nitrogen and oxygen atoms in total. The zero-order valence-electron chi connectivity index (χ0n) is 11.2. The molecule has 100 valence electrons. The molecule has 2 rings (SSSR count). The van der Waals surface area contributed by atoms with Crippen LogP contribution >= 0.6 is 15.9 Å². The fourth-order valence-electron chi connectivity index (χ4n) is 1.95. The van der Waals surface area contributed by atoms with E-state index in [4.69, 9.17) is 5.73 Å². The maximum absolute atomic E-state index is 6.03. The third-order valence-corrected chi connectivity index (χ3v) is 3.65. The summed E-state index contributed by atoms with van der Waals surface area (Å²) in [4.78, 5) is 6.70. The first-order valence-corrected chi connectivity index (χ1v) is 7.09. The molecule has 2 N–H and O–H groups in total. The van der Waals surface area contributed by atoms with Gasteiger partial charge in [-0.15, -0.1) is 0 Å². The summed E-state index contributed by atoms with van der Waals surface area (Å²) in [6.07, 6.45) is 1.81. The Morgan fingerprint density at radius 3 is 2.58 bits per heavy atom. The Hall–Kier alpha value is -1.55. The van der Waals surface area contributed by atoms with Gasteiger partial charge in [0.2, 0.25) is 0 Å². The molecule has 0 radical (unpaired) electrons. The van der Waals surface area contributed by atoms with E-state index in [2.05, 4.69) is 45.7 Å². The zero-order chi connectivity index (χ0) is 13.8. The summed E-state index contributed by atoms with van der Waals surface area (Å²) < 4.78 is 0.998. The molecule has 19 heavy (non-hydrogen) atoms. The normalized spacial score (nSPS) is 10.7. The van der Waals surface area contributed by atoms with Crippen molar-refractivity contribution in [1.82, 2.24) is 4.98 Å². The van der Waals surface area contributed by atoms with Crippen LogP contribution in [-0.4, -0.2) is 11.0 Å². The Bertz CT molecular complexity index is 555. The van der Waals surface area contributed by atoms with Gasteiger partial charge < -0.3 is 10.6 Å². The largest absolute Gasteiger partial charge is 0.398 e. The van der Waals surface area contributed by atoms with Crippen LogP contribution in [0.2, 0.25) is 0 Å². The molecule has 0 amide bonds. The van der Waals surface area contributed by atoms with Gasteiger partial charge in [0.1, 0.15) is 5.82 Å². The molecule has 0 aliphatic rings. The average molecular weight is 320 g/mol. The standard InChI is InChI=1S/C15H18BrN3/c1-11(2)19(15-13(16)7-5-9-18-15)10-12-6-3-4-8-14(12)17/h3-9,11H,10,17H2,1-2H3. The topological polar surface area (TPSA) is 42.1 Å². The summed E-state index contributed by atoms with van der Waals surface area (Å²) in [6.45, 7) is 5.06. The van der Waals surface area contributed by atoms with Gasteiger partial charge in [-0.2, -0.15) is 0 Å². The zero-order valence-corrected chi connectivity index (χ0v) is 12.8. The van der Waals surface area contributed by atoms with E-state index in [0.29, 0.717) is 6.04 Å². The van der Waals surface area contributed by atoms with Crippen LogP contribution in [0.15, 0.2) is 47.1 Å². The molecule has 1 aromatic heterocycles. The Morgan fingerprint density at radius 2 is 1.95 bits per heavy atom. The highest BCUT2D eigenvalue weighted by molar-refractivity contribution is 9.10. The molecule has 4 heteroatoms.